The molecule has 0 atom stereocenters. The zero-order chi connectivity index (χ0) is 24.2. The summed E-state index contributed by atoms with van der Waals surface area (Å²) in [6.45, 7) is 6.44. The molecule has 0 radical (unpaired) electrons. The normalized spacial score (nSPS) is 13.5. The molecular formula is C22H34N8O3. The van der Waals surface area contributed by atoms with Crippen LogP contribution in [0, 0.1) is 6.92 Å². The van der Waals surface area contributed by atoms with E-state index in [1.807, 2.05) is 22.4 Å². The first-order valence-electron chi connectivity index (χ1n) is 11.1. The molecule has 3 aromatic heterocycles. The predicted molar refractivity (Wildman–Crippen MR) is 126 cm³/mol. The van der Waals surface area contributed by atoms with Gasteiger partial charge in [0.05, 0.1) is 23.3 Å². The van der Waals surface area contributed by atoms with E-state index >= 15 is 0 Å². The second-order valence-electron chi connectivity index (χ2n) is 7.49. The number of nitrogens with zero attached hydrogens (tertiary/aromatic N) is 7. The predicted octanol–water partition coefficient (Wildman–Crippen LogP) is 2.15. The molecule has 1 aliphatic heterocycles. The monoisotopic (exact) mass is 458 g/mol. The summed E-state index contributed by atoms with van der Waals surface area (Å²) in [6, 6.07) is 2.22. The Hall–Kier alpha value is -3.18. The van der Waals surface area contributed by atoms with Gasteiger partial charge in [-0.1, -0.05) is 13.3 Å². The van der Waals surface area contributed by atoms with Gasteiger partial charge in [0.1, 0.15) is 5.82 Å². The van der Waals surface area contributed by atoms with Gasteiger partial charge in [0.25, 0.3) is 0 Å². The van der Waals surface area contributed by atoms with Crippen molar-refractivity contribution in [3.63, 3.8) is 0 Å². The van der Waals surface area contributed by atoms with Crippen LogP contribution in [0.3, 0.4) is 0 Å². The molecule has 11 nitrogen and oxygen atoms in total. The first-order valence-corrected chi connectivity index (χ1v) is 11.1. The summed E-state index contributed by atoms with van der Waals surface area (Å²) in [6.07, 6.45) is 8.90. The molecule has 0 aromatic carbocycles. The third-order valence-corrected chi connectivity index (χ3v) is 5.12. The molecule has 3 aromatic rings. The number of nitrogens with two attached hydrogens (primary N) is 1. The van der Waals surface area contributed by atoms with E-state index in [2.05, 4.69) is 32.8 Å². The van der Waals surface area contributed by atoms with Crippen molar-refractivity contribution in [2.24, 2.45) is 5.73 Å². The average Bonchev–Trinajstić information content (AvgIpc) is 3.47. The highest BCUT2D eigenvalue weighted by atomic mass is 16.5. The number of rotatable bonds is 7. The highest BCUT2D eigenvalue weighted by Crippen LogP contribution is 2.23. The van der Waals surface area contributed by atoms with Crippen molar-refractivity contribution in [3.05, 3.63) is 30.0 Å². The number of carbonyl (C=O) groups excluding carboxylic acids is 2. The van der Waals surface area contributed by atoms with E-state index in [9.17, 15) is 9.59 Å². The van der Waals surface area contributed by atoms with Crippen LogP contribution in [-0.4, -0.2) is 69.5 Å². The maximum absolute atomic E-state index is 10.7. The largest absolute Gasteiger partial charge is 0.381 e. The Balaban J connectivity index is 0.000000222. The van der Waals surface area contributed by atoms with E-state index in [1.54, 1.807) is 24.3 Å². The van der Waals surface area contributed by atoms with Crippen molar-refractivity contribution < 1.29 is 14.3 Å². The number of hydrogen-bond acceptors (Lipinski definition) is 8. The lowest BCUT2D eigenvalue weighted by atomic mass is 10.1. The van der Waals surface area contributed by atoms with Crippen LogP contribution in [-0.2, 0) is 16.1 Å². The molecule has 4 rings (SSSR count). The van der Waals surface area contributed by atoms with Crippen molar-refractivity contribution in [2.75, 3.05) is 32.2 Å². The minimum Gasteiger partial charge on any atom is -0.381 e. The minimum atomic E-state index is 0.200. The van der Waals surface area contributed by atoms with Gasteiger partial charge in [-0.05, 0) is 33.2 Å². The van der Waals surface area contributed by atoms with E-state index in [0.717, 1.165) is 74.4 Å². The molecule has 1 aliphatic rings. The van der Waals surface area contributed by atoms with Crippen LogP contribution >= 0.6 is 0 Å². The fraction of sp³-hybridized carbons (Fsp3) is 0.545. The van der Waals surface area contributed by atoms with Crippen LogP contribution < -0.4 is 10.6 Å². The van der Waals surface area contributed by atoms with Gasteiger partial charge in [0.2, 0.25) is 6.41 Å². The third-order valence-electron chi connectivity index (χ3n) is 5.12. The fourth-order valence-electron chi connectivity index (χ4n) is 3.44. The lowest BCUT2D eigenvalue weighted by Crippen LogP contribution is -2.20. The van der Waals surface area contributed by atoms with E-state index in [4.69, 9.17) is 4.74 Å². The Labute approximate surface area is 193 Å². The number of ether oxygens (including phenoxy) is 1. The standard InChI is InChI=1S/C11H12N4O2.C10H17N3O.CH5N/c16-7-10-12-5-8-6-13-15(11(8)14-10)9-1-3-17-4-2-9;1-4-5-6-13-10(12(3)8-14)7-9(2)11-13;1-2/h5-7,9H,1-4H2;7-8H,4-6H2,1-3H3;2H2,1H3. The molecule has 2 N–H and O–H groups in total. The Morgan fingerprint density at radius 2 is 1.97 bits per heavy atom. The number of fused-ring (bicyclic) bond motifs is 1. The van der Waals surface area contributed by atoms with Crippen LogP contribution in [0.15, 0.2) is 18.5 Å². The van der Waals surface area contributed by atoms with Crippen LogP contribution in [0.25, 0.3) is 11.0 Å². The second kappa shape index (κ2) is 13.4. The SMILES string of the molecule is CCCCn1nc(C)cc1N(C)C=O.CN.O=Cc1ncc2cnn(C3CCOCC3)c2n1. The molecule has 0 aliphatic carbocycles. The van der Waals surface area contributed by atoms with Gasteiger partial charge in [-0.15, -0.1) is 0 Å². The fourth-order valence-corrected chi connectivity index (χ4v) is 3.44. The summed E-state index contributed by atoms with van der Waals surface area (Å²) >= 11 is 0. The molecule has 1 saturated heterocycles. The number of aromatic nitrogens is 6. The van der Waals surface area contributed by atoms with Gasteiger partial charge in [0.15, 0.2) is 17.8 Å². The maximum atomic E-state index is 10.7. The summed E-state index contributed by atoms with van der Waals surface area (Å²) in [5.41, 5.74) is 6.18. The Morgan fingerprint density at radius 1 is 1.24 bits per heavy atom. The first kappa shape index (κ1) is 26.1. The quantitative estimate of drug-likeness (QED) is 0.532. The highest BCUT2D eigenvalue weighted by Gasteiger charge is 2.19. The summed E-state index contributed by atoms with van der Waals surface area (Å²) in [7, 11) is 3.24. The third kappa shape index (κ3) is 6.90. The number of anilines is 1. The van der Waals surface area contributed by atoms with E-state index in [1.165, 1.54) is 7.05 Å². The van der Waals surface area contributed by atoms with Crippen molar-refractivity contribution in [2.45, 2.75) is 52.1 Å². The summed E-state index contributed by atoms with van der Waals surface area (Å²) in [5.74, 6) is 1.07. The van der Waals surface area contributed by atoms with Gasteiger partial charge in [-0.2, -0.15) is 10.2 Å². The molecule has 180 valence electrons. The van der Waals surface area contributed by atoms with Crippen LogP contribution in [0.5, 0.6) is 0 Å². The van der Waals surface area contributed by atoms with Gasteiger partial charge in [-0.25, -0.2) is 19.3 Å². The minimum absolute atomic E-state index is 0.200. The van der Waals surface area contributed by atoms with Crippen LogP contribution in [0.4, 0.5) is 5.82 Å². The number of aldehydes is 1. The maximum Gasteiger partial charge on any atom is 0.215 e. The van der Waals surface area contributed by atoms with Crippen LogP contribution in [0.1, 0.15) is 55.0 Å². The average molecular weight is 459 g/mol. The number of amides is 1. The summed E-state index contributed by atoms with van der Waals surface area (Å²) < 4.78 is 9.09. The topological polar surface area (TPSA) is 134 Å². The Bertz CT molecular complexity index is 1010. The molecule has 0 unspecified atom stereocenters. The first-order chi connectivity index (χ1) is 16.1. The lowest BCUT2D eigenvalue weighted by Gasteiger charge is -2.22. The van der Waals surface area contributed by atoms with Crippen molar-refractivity contribution in [3.8, 4) is 0 Å². The second-order valence-corrected chi connectivity index (χ2v) is 7.49. The molecule has 0 spiro atoms. The Morgan fingerprint density at radius 3 is 2.61 bits per heavy atom. The van der Waals surface area contributed by atoms with Crippen LogP contribution in [0.2, 0.25) is 0 Å². The number of hydrogen-bond donors (Lipinski definition) is 1. The molecule has 1 amide bonds. The van der Waals surface area contributed by atoms with Crippen molar-refractivity contribution >= 4 is 29.5 Å². The number of aryl methyl sites for hydroxylation is 2. The smallest absolute Gasteiger partial charge is 0.215 e. The molecule has 11 heteroatoms. The molecular weight excluding hydrogens is 424 g/mol. The van der Waals surface area contributed by atoms with Gasteiger partial charge in [-0.3, -0.25) is 9.59 Å². The van der Waals surface area contributed by atoms with Gasteiger partial charge in [0, 0.05) is 39.1 Å². The molecule has 0 bridgehead atoms. The Kier molecular flexibility index (Phi) is 10.6. The van der Waals surface area contributed by atoms with E-state index < -0.39 is 0 Å². The molecule has 33 heavy (non-hydrogen) atoms. The molecule has 1 fully saturated rings. The number of unbranched alkanes of at least 4 members (excludes halogenated alkanes) is 1. The van der Waals surface area contributed by atoms with E-state index in [-0.39, 0.29) is 5.82 Å². The highest BCUT2D eigenvalue weighted by molar-refractivity contribution is 5.78. The van der Waals surface area contributed by atoms with Crippen molar-refractivity contribution in [1.82, 2.24) is 29.5 Å². The van der Waals surface area contributed by atoms with Gasteiger partial charge >= 0.3 is 0 Å². The zero-order valence-electron chi connectivity index (χ0n) is 19.8. The molecule has 4 heterocycles. The lowest BCUT2D eigenvalue weighted by molar-refractivity contribution is -0.107. The van der Waals surface area contributed by atoms with Gasteiger partial charge < -0.3 is 15.4 Å². The zero-order valence-corrected chi connectivity index (χ0v) is 19.8. The molecule has 0 saturated carbocycles. The summed E-state index contributed by atoms with van der Waals surface area (Å²) in [4.78, 5) is 31.0. The van der Waals surface area contributed by atoms with E-state index in [0.29, 0.717) is 12.3 Å². The summed E-state index contributed by atoms with van der Waals surface area (Å²) in [5, 5.41) is 9.53. The van der Waals surface area contributed by atoms with Crippen molar-refractivity contribution in [1.29, 1.82) is 0 Å². The number of carbonyl (C=O) groups is 2.